The molecule has 2 rings (SSSR count). The standard InChI is InChI=1S/C16H20N2O4S2/c1-6-21-15(20)13-8(2)11(5)24-14(13)18-12(19)7-23-16-17-9(3)10(4)22-16/h6-7H2,1-5H3,(H,18,19). The van der Waals surface area contributed by atoms with Crippen LogP contribution in [-0.4, -0.2) is 29.2 Å². The summed E-state index contributed by atoms with van der Waals surface area (Å²) in [5.74, 6) is 0.256. The van der Waals surface area contributed by atoms with E-state index in [1.807, 2.05) is 27.7 Å². The smallest absolute Gasteiger partial charge is 0.341 e. The van der Waals surface area contributed by atoms with Crippen molar-refractivity contribution in [3.05, 3.63) is 27.5 Å². The highest BCUT2D eigenvalue weighted by Crippen LogP contribution is 2.33. The van der Waals surface area contributed by atoms with Crippen LogP contribution >= 0.6 is 23.1 Å². The highest BCUT2D eigenvalue weighted by atomic mass is 32.2. The van der Waals surface area contributed by atoms with Crippen LogP contribution < -0.4 is 5.32 Å². The summed E-state index contributed by atoms with van der Waals surface area (Å²) >= 11 is 2.59. The van der Waals surface area contributed by atoms with Gasteiger partial charge in [0.05, 0.1) is 23.6 Å². The molecular weight excluding hydrogens is 348 g/mol. The quantitative estimate of drug-likeness (QED) is 0.615. The maximum Gasteiger partial charge on any atom is 0.341 e. The molecule has 6 nitrogen and oxygen atoms in total. The first-order valence-corrected chi connectivity index (χ1v) is 9.27. The Morgan fingerprint density at radius 3 is 2.58 bits per heavy atom. The number of nitrogens with one attached hydrogen (secondary N) is 1. The van der Waals surface area contributed by atoms with Crippen LogP contribution in [0.5, 0.6) is 0 Å². The molecule has 1 amide bonds. The van der Waals surface area contributed by atoms with E-state index in [9.17, 15) is 9.59 Å². The molecule has 2 aromatic rings. The fraction of sp³-hybridized carbons (Fsp3) is 0.438. The highest BCUT2D eigenvalue weighted by molar-refractivity contribution is 7.99. The first kappa shape index (κ1) is 18.5. The molecule has 130 valence electrons. The monoisotopic (exact) mass is 368 g/mol. The van der Waals surface area contributed by atoms with Crippen LogP contribution in [0, 0.1) is 27.7 Å². The van der Waals surface area contributed by atoms with Gasteiger partial charge in [0.25, 0.3) is 5.22 Å². The second-order valence-electron chi connectivity index (χ2n) is 5.17. The SMILES string of the molecule is CCOC(=O)c1c(NC(=O)CSc2nc(C)c(C)o2)sc(C)c1C. The summed E-state index contributed by atoms with van der Waals surface area (Å²) in [6.45, 7) is 9.48. The normalized spacial score (nSPS) is 10.7. The molecule has 0 unspecified atom stereocenters. The van der Waals surface area contributed by atoms with Crippen LogP contribution in [-0.2, 0) is 9.53 Å². The molecule has 8 heteroatoms. The average molecular weight is 368 g/mol. The molecule has 24 heavy (non-hydrogen) atoms. The van der Waals surface area contributed by atoms with E-state index in [1.54, 1.807) is 6.92 Å². The first-order chi connectivity index (χ1) is 11.3. The molecule has 0 fully saturated rings. The minimum atomic E-state index is -0.416. The summed E-state index contributed by atoms with van der Waals surface area (Å²) in [5.41, 5.74) is 2.08. The molecule has 0 aromatic carbocycles. The van der Waals surface area contributed by atoms with E-state index in [2.05, 4.69) is 10.3 Å². The Hall–Kier alpha value is -1.80. The van der Waals surface area contributed by atoms with Gasteiger partial charge in [-0.25, -0.2) is 9.78 Å². The Balaban J connectivity index is 2.06. The minimum absolute atomic E-state index is 0.150. The minimum Gasteiger partial charge on any atom is -0.462 e. The number of ether oxygens (including phenoxy) is 1. The molecule has 0 spiro atoms. The van der Waals surface area contributed by atoms with Crippen LogP contribution in [0.15, 0.2) is 9.64 Å². The van der Waals surface area contributed by atoms with Gasteiger partial charge < -0.3 is 14.5 Å². The lowest BCUT2D eigenvalue weighted by molar-refractivity contribution is -0.113. The maximum atomic E-state index is 12.2. The number of oxazole rings is 1. The van der Waals surface area contributed by atoms with Gasteiger partial charge in [-0.3, -0.25) is 4.79 Å². The summed E-state index contributed by atoms with van der Waals surface area (Å²) in [6, 6.07) is 0. The van der Waals surface area contributed by atoms with Gasteiger partial charge >= 0.3 is 5.97 Å². The van der Waals surface area contributed by atoms with Gasteiger partial charge in [-0.15, -0.1) is 11.3 Å². The van der Waals surface area contributed by atoms with Crippen LogP contribution in [0.1, 0.15) is 39.2 Å². The fourth-order valence-electron chi connectivity index (χ4n) is 1.96. The number of thiophene rings is 1. The van der Waals surface area contributed by atoms with E-state index in [1.165, 1.54) is 23.1 Å². The maximum absolute atomic E-state index is 12.2. The predicted molar refractivity (Wildman–Crippen MR) is 95.1 cm³/mol. The third-order valence-electron chi connectivity index (χ3n) is 3.45. The zero-order valence-corrected chi connectivity index (χ0v) is 15.9. The number of nitrogens with zero attached hydrogens (tertiary/aromatic N) is 1. The van der Waals surface area contributed by atoms with Gasteiger partial charge in [0.1, 0.15) is 10.8 Å². The second kappa shape index (κ2) is 7.85. The molecule has 0 saturated carbocycles. The molecule has 0 bridgehead atoms. The predicted octanol–water partition coefficient (Wildman–Crippen LogP) is 3.88. The molecule has 2 heterocycles. The molecule has 1 N–H and O–H groups in total. The van der Waals surface area contributed by atoms with E-state index in [-0.39, 0.29) is 11.7 Å². The molecule has 2 aromatic heterocycles. The van der Waals surface area contributed by atoms with Crippen molar-refractivity contribution in [1.82, 2.24) is 4.98 Å². The topological polar surface area (TPSA) is 81.4 Å². The average Bonchev–Trinajstić information content (AvgIpc) is 2.97. The fourth-order valence-corrected chi connectivity index (χ4v) is 3.74. The molecule has 0 aliphatic carbocycles. The largest absolute Gasteiger partial charge is 0.462 e. The molecule has 0 saturated heterocycles. The second-order valence-corrected chi connectivity index (χ2v) is 7.32. The number of thioether (sulfide) groups is 1. The van der Waals surface area contributed by atoms with Crippen molar-refractivity contribution in [1.29, 1.82) is 0 Å². The van der Waals surface area contributed by atoms with E-state index < -0.39 is 5.97 Å². The van der Waals surface area contributed by atoms with E-state index in [0.29, 0.717) is 22.4 Å². The van der Waals surface area contributed by atoms with Crippen LogP contribution in [0.4, 0.5) is 5.00 Å². The summed E-state index contributed by atoms with van der Waals surface area (Å²) < 4.78 is 10.5. The number of hydrogen-bond acceptors (Lipinski definition) is 7. The molecule has 0 atom stereocenters. The summed E-state index contributed by atoms with van der Waals surface area (Å²) in [7, 11) is 0. The Bertz CT molecular complexity index is 745. The third-order valence-corrected chi connectivity index (χ3v) is 5.40. The van der Waals surface area contributed by atoms with Gasteiger partial charge in [-0.1, -0.05) is 11.8 Å². The third kappa shape index (κ3) is 4.18. The number of carbonyl (C=O) groups excluding carboxylic acids is 2. The van der Waals surface area contributed by atoms with Gasteiger partial charge in [-0.05, 0) is 40.2 Å². The van der Waals surface area contributed by atoms with Crippen LogP contribution in [0.25, 0.3) is 0 Å². The Morgan fingerprint density at radius 1 is 1.29 bits per heavy atom. The van der Waals surface area contributed by atoms with Crippen molar-refractivity contribution in [2.45, 2.75) is 39.8 Å². The van der Waals surface area contributed by atoms with Gasteiger partial charge in [0.2, 0.25) is 5.91 Å². The number of anilines is 1. The number of aromatic nitrogens is 1. The van der Waals surface area contributed by atoms with Crippen LogP contribution in [0.3, 0.4) is 0 Å². The number of aryl methyl sites for hydroxylation is 3. The van der Waals surface area contributed by atoms with Crippen molar-refractivity contribution in [3.63, 3.8) is 0 Å². The van der Waals surface area contributed by atoms with Gasteiger partial charge in [-0.2, -0.15) is 0 Å². The molecule has 0 radical (unpaired) electrons. The van der Waals surface area contributed by atoms with Crippen molar-refractivity contribution in [2.75, 3.05) is 17.7 Å². The first-order valence-electron chi connectivity index (χ1n) is 7.47. The lowest BCUT2D eigenvalue weighted by Gasteiger charge is -2.06. The van der Waals surface area contributed by atoms with Gasteiger partial charge in [0, 0.05) is 4.88 Å². The Labute approximate surface area is 149 Å². The van der Waals surface area contributed by atoms with E-state index >= 15 is 0 Å². The number of carbonyl (C=O) groups is 2. The molecule has 0 aliphatic rings. The molecule has 0 aliphatic heterocycles. The van der Waals surface area contributed by atoms with Crippen molar-refractivity contribution in [3.8, 4) is 0 Å². The highest BCUT2D eigenvalue weighted by Gasteiger charge is 2.22. The number of esters is 1. The summed E-state index contributed by atoms with van der Waals surface area (Å²) in [6.07, 6.45) is 0. The lowest BCUT2D eigenvalue weighted by atomic mass is 10.1. The van der Waals surface area contributed by atoms with Crippen LogP contribution in [0.2, 0.25) is 0 Å². The Morgan fingerprint density at radius 2 is 2.00 bits per heavy atom. The van der Waals surface area contributed by atoms with E-state index in [0.717, 1.165) is 21.9 Å². The summed E-state index contributed by atoms with van der Waals surface area (Å²) in [5, 5.41) is 3.78. The zero-order chi connectivity index (χ0) is 17.9. The Kier molecular flexibility index (Phi) is 6.06. The summed E-state index contributed by atoms with van der Waals surface area (Å²) in [4.78, 5) is 29.5. The van der Waals surface area contributed by atoms with Gasteiger partial charge in [0.15, 0.2) is 0 Å². The molecular formula is C16H20N2O4S2. The number of rotatable bonds is 6. The lowest BCUT2D eigenvalue weighted by Crippen LogP contribution is -2.16. The number of hydrogen-bond donors (Lipinski definition) is 1. The van der Waals surface area contributed by atoms with Crippen molar-refractivity contribution in [2.24, 2.45) is 0 Å². The number of amides is 1. The van der Waals surface area contributed by atoms with E-state index in [4.69, 9.17) is 9.15 Å². The van der Waals surface area contributed by atoms with Crippen molar-refractivity contribution >= 4 is 40.0 Å². The van der Waals surface area contributed by atoms with Crippen molar-refractivity contribution < 1.29 is 18.7 Å². The zero-order valence-electron chi connectivity index (χ0n) is 14.3.